The molecule has 0 aliphatic carbocycles. The number of nitrogens with zero attached hydrogens (tertiary/aromatic N) is 2. The van der Waals surface area contributed by atoms with Gasteiger partial charge in [-0.15, -0.1) is 0 Å². The number of ether oxygens (including phenoxy) is 1. The molecule has 2 aromatic rings. The first kappa shape index (κ1) is 22.5. The van der Waals surface area contributed by atoms with E-state index in [1.165, 1.54) is 36.4 Å². The molecule has 2 atom stereocenters. The zero-order valence-corrected chi connectivity index (χ0v) is 17.3. The quantitative estimate of drug-likeness (QED) is 0.655. The summed E-state index contributed by atoms with van der Waals surface area (Å²) in [5.41, 5.74) is 0.694. The first-order valence-electron chi connectivity index (χ1n) is 9.37. The molecule has 0 spiro atoms. The van der Waals surface area contributed by atoms with Gasteiger partial charge in [0.25, 0.3) is 6.43 Å². The minimum absolute atomic E-state index is 0.0961. The van der Waals surface area contributed by atoms with Crippen LogP contribution in [0.1, 0.15) is 12.5 Å². The Hall–Kier alpha value is -3.16. The first-order valence-corrected chi connectivity index (χ1v) is 9.78. The van der Waals surface area contributed by atoms with Gasteiger partial charge in [-0.05, 0) is 49.4 Å². The highest BCUT2D eigenvalue weighted by molar-refractivity contribution is 7.80. The molecule has 10 heteroatoms. The smallest absolute Gasteiger partial charge is 0.288 e. The third-order valence-electron chi connectivity index (χ3n) is 4.72. The van der Waals surface area contributed by atoms with Gasteiger partial charge in [0.15, 0.2) is 0 Å². The van der Waals surface area contributed by atoms with Crippen LogP contribution < -0.4 is 21.0 Å². The molecule has 0 amide bonds. The number of rotatable bonds is 6. The number of anilines is 3. The molecular weight excluding hydrogens is 429 g/mol. The fourth-order valence-corrected chi connectivity index (χ4v) is 3.24. The van der Waals surface area contributed by atoms with E-state index in [2.05, 4.69) is 22.9 Å². The fraction of sp³-hybridized carbons (Fsp3) is 0.286. The maximum Gasteiger partial charge on any atom is 0.288 e. The summed E-state index contributed by atoms with van der Waals surface area (Å²) in [4.78, 5) is 13.4. The number of thiocarbonyl (C=S) groups is 1. The van der Waals surface area contributed by atoms with E-state index >= 15 is 0 Å². The molecule has 6 nitrogen and oxygen atoms in total. The predicted octanol–water partition coefficient (Wildman–Crippen LogP) is 3.53. The summed E-state index contributed by atoms with van der Waals surface area (Å²) in [6.07, 6.45) is -3.52. The number of benzene rings is 1. The number of halogens is 3. The van der Waals surface area contributed by atoms with E-state index in [9.17, 15) is 18.0 Å². The highest BCUT2D eigenvalue weighted by Gasteiger charge is 2.30. The third kappa shape index (κ3) is 5.51. The molecule has 1 heterocycles. The Bertz CT molecular complexity index is 1080. The van der Waals surface area contributed by atoms with E-state index in [1.807, 2.05) is 6.07 Å². The summed E-state index contributed by atoms with van der Waals surface area (Å²) < 4.78 is 45.5. The summed E-state index contributed by atoms with van der Waals surface area (Å²) >= 11 is 4.55. The lowest BCUT2D eigenvalue weighted by molar-refractivity contribution is 0.0618. The van der Waals surface area contributed by atoms with Gasteiger partial charge in [0, 0.05) is 18.8 Å². The van der Waals surface area contributed by atoms with Crippen molar-refractivity contribution >= 4 is 34.3 Å². The topological polar surface area (TPSA) is 77.4 Å². The Labute approximate surface area is 182 Å². The van der Waals surface area contributed by atoms with Crippen LogP contribution in [0.2, 0.25) is 0 Å². The van der Waals surface area contributed by atoms with Crippen LogP contribution in [-0.4, -0.2) is 36.8 Å². The van der Waals surface area contributed by atoms with Crippen molar-refractivity contribution < 1.29 is 17.9 Å². The summed E-state index contributed by atoms with van der Waals surface area (Å²) in [6, 6.07) is 11.9. The lowest BCUT2D eigenvalue weighted by atomic mass is 10.2. The highest BCUT2D eigenvalue weighted by atomic mass is 32.1. The van der Waals surface area contributed by atoms with Crippen molar-refractivity contribution in [3.63, 3.8) is 0 Å². The molecule has 1 aliphatic heterocycles. The molecule has 0 saturated carbocycles. The zero-order valence-electron chi connectivity index (χ0n) is 16.4. The van der Waals surface area contributed by atoms with Gasteiger partial charge >= 0.3 is 0 Å². The molecule has 1 aliphatic rings. The lowest BCUT2D eigenvalue weighted by Gasteiger charge is -2.22. The van der Waals surface area contributed by atoms with Gasteiger partial charge in [0.2, 0.25) is 5.43 Å². The summed E-state index contributed by atoms with van der Waals surface area (Å²) in [5.74, 6) is -0.587. The Balaban J connectivity index is 1.71. The molecule has 2 N–H and O–H groups in total. The molecule has 0 radical (unpaired) electrons. The molecule has 2 aromatic carbocycles. The second kappa shape index (κ2) is 9.76. The van der Waals surface area contributed by atoms with Crippen LogP contribution in [0, 0.1) is 17.1 Å². The van der Waals surface area contributed by atoms with Gasteiger partial charge in [0.05, 0.1) is 29.1 Å². The van der Waals surface area contributed by atoms with Crippen molar-refractivity contribution in [1.29, 1.82) is 5.26 Å². The molecule has 3 rings (SSSR count). The molecule has 1 unspecified atom stereocenters. The maximum absolute atomic E-state index is 14.7. The van der Waals surface area contributed by atoms with Crippen LogP contribution in [-0.2, 0) is 4.74 Å². The lowest BCUT2D eigenvalue weighted by Crippen LogP contribution is -2.36. The second-order valence-corrected chi connectivity index (χ2v) is 7.30. The Morgan fingerprint density at radius 2 is 2.00 bits per heavy atom. The van der Waals surface area contributed by atoms with Crippen LogP contribution in [0.15, 0.2) is 47.3 Å². The van der Waals surface area contributed by atoms with Crippen molar-refractivity contribution in [2.24, 2.45) is 0 Å². The van der Waals surface area contributed by atoms with Crippen LogP contribution >= 0.6 is 12.2 Å². The Morgan fingerprint density at radius 1 is 1.29 bits per heavy atom. The number of nitriles is 1. The van der Waals surface area contributed by atoms with Gasteiger partial charge in [-0.3, -0.25) is 4.79 Å². The Kier molecular flexibility index (Phi) is 7.09. The predicted molar refractivity (Wildman–Crippen MR) is 115 cm³/mol. The van der Waals surface area contributed by atoms with E-state index in [0.29, 0.717) is 17.8 Å². The minimum atomic E-state index is -2.73. The fourth-order valence-electron chi connectivity index (χ4n) is 3.16. The third-order valence-corrected chi connectivity index (χ3v) is 5.05. The number of nitrogens with one attached hydrogen (secondary N) is 2. The Morgan fingerprint density at radius 3 is 2.68 bits per heavy atom. The van der Waals surface area contributed by atoms with Gasteiger partial charge < -0.3 is 20.3 Å². The first-order chi connectivity index (χ1) is 14.8. The molecule has 0 bridgehead atoms. The molecule has 1 saturated heterocycles. The molecule has 162 valence electrons. The monoisotopic (exact) mass is 448 g/mol. The van der Waals surface area contributed by atoms with Crippen LogP contribution in [0.4, 0.5) is 30.2 Å². The van der Waals surface area contributed by atoms with E-state index in [1.54, 1.807) is 17.9 Å². The average molecular weight is 448 g/mol. The van der Waals surface area contributed by atoms with Crippen molar-refractivity contribution in [2.75, 3.05) is 23.3 Å². The molecule has 31 heavy (non-hydrogen) atoms. The zero-order chi connectivity index (χ0) is 22.5. The van der Waals surface area contributed by atoms with Gasteiger partial charge in [0.1, 0.15) is 17.0 Å². The normalized spacial score (nSPS) is 18.0. The summed E-state index contributed by atoms with van der Waals surface area (Å²) in [5, 5.41) is 14.2. The number of hydrogen-bond acceptors (Lipinski definition) is 6. The van der Waals surface area contributed by atoms with E-state index < -0.39 is 29.6 Å². The average Bonchev–Trinajstić information content (AvgIpc) is 3.02. The van der Waals surface area contributed by atoms with Crippen molar-refractivity contribution in [3.8, 4) is 6.07 Å². The SMILES string of the molecule is CC1O[C@@H](CNC(=S)C(F)F)CN1c1ccc(Nc2ccc(C#N)ccc2=O)c(F)c1. The van der Waals surface area contributed by atoms with Crippen LogP contribution in [0.3, 0.4) is 0 Å². The number of hydrogen-bond donors (Lipinski definition) is 2. The largest absolute Gasteiger partial charge is 0.372 e. The minimum Gasteiger partial charge on any atom is -0.372 e. The van der Waals surface area contributed by atoms with E-state index in [-0.39, 0.29) is 23.3 Å². The maximum atomic E-state index is 14.7. The van der Waals surface area contributed by atoms with Crippen LogP contribution in [0.25, 0.3) is 0 Å². The van der Waals surface area contributed by atoms with Gasteiger partial charge in [-0.25, -0.2) is 13.2 Å². The summed E-state index contributed by atoms with van der Waals surface area (Å²) in [7, 11) is 0. The van der Waals surface area contributed by atoms with Gasteiger partial charge in [-0.1, -0.05) is 12.2 Å². The van der Waals surface area contributed by atoms with Crippen molar-refractivity contribution in [2.45, 2.75) is 25.7 Å². The van der Waals surface area contributed by atoms with E-state index in [0.717, 1.165) is 0 Å². The van der Waals surface area contributed by atoms with E-state index in [4.69, 9.17) is 10.00 Å². The van der Waals surface area contributed by atoms with Crippen molar-refractivity contribution in [1.82, 2.24) is 5.32 Å². The van der Waals surface area contributed by atoms with Crippen LogP contribution in [0.5, 0.6) is 0 Å². The second-order valence-electron chi connectivity index (χ2n) is 6.86. The number of alkyl halides is 2. The standard InChI is InChI=1S/C21H19F3N4O2S/c1-12-28(11-15(30-12)10-26-21(31)20(23)24)14-4-6-17(16(22)8-14)27-18-5-2-13(9-25)3-7-19(18)29/h2-8,12,15,20H,10-11H2,1H3,(H,26,31)(H,27,29)/t12?,15-/m0/s1. The molecular formula is C21H19F3N4O2S. The van der Waals surface area contributed by atoms with Gasteiger partial charge in [-0.2, -0.15) is 5.26 Å². The molecule has 0 aromatic heterocycles. The summed E-state index contributed by atoms with van der Waals surface area (Å²) in [6.45, 7) is 2.26. The van der Waals surface area contributed by atoms with Crippen molar-refractivity contribution in [3.05, 3.63) is 64.1 Å². The molecule has 1 fully saturated rings. The highest BCUT2D eigenvalue weighted by Crippen LogP contribution is 2.28.